The van der Waals surface area contributed by atoms with E-state index in [9.17, 15) is 0 Å². The Balaban J connectivity index is 0.00000225. The van der Waals surface area contributed by atoms with Crippen LogP contribution in [-0.2, 0) is 11.3 Å². The molecule has 0 spiro atoms. The Bertz CT molecular complexity index is 286. The summed E-state index contributed by atoms with van der Waals surface area (Å²) in [5.41, 5.74) is 6.67. The standard InChI is InChI=1S/C10H17BrN2OS.ClH/c1-13(3-5-14-4-2-12)7-9-6-10(11)15-8-9;/h6,8H,2-5,7,12H2,1H3;1H. The van der Waals surface area contributed by atoms with Gasteiger partial charge in [0, 0.05) is 19.6 Å². The smallest absolute Gasteiger partial charge is 0.0701 e. The first kappa shape index (κ1) is 16.4. The van der Waals surface area contributed by atoms with Gasteiger partial charge in [0.05, 0.1) is 17.0 Å². The second-order valence-electron chi connectivity index (χ2n) is 3.40. The molecule has 6 heteroatoms. The molecular formula is C10H18BrClN2OS. The van der Waals surface area contributed by atoms with Crippen molar-refractivity contribution in [3.05, 3.63) is 20.8 Å². The van der Waals surface area contributed by atoms with Crippen molar-refractivity contribution in [2.45, 2.75) is 6.54 Å². The first-order chi connectivity index (χ1) is 7.22. The summed E-state index contributed by atoms with van der Waals surface area (Å²) < 4.78 is 6.51. The Labute approximate surface area is 115 Å². The number of nitrogens with zero attached hydrogens (tertiary/aromatic N) is 1. The number of rotatable bonds is 7. The van der Waals surface area contributed by atoms with Crippen LogP contribution in [0.3, 0.4) is 0 Å². The third-order valence-corrected chi connectivity index (χ3v) is 3.51. The lowest BCUT2D eigenvalue weighted by Gasteiger charge is -2.15. The van der Waals surface area contributed by atoms with Crippen LogP contribution < -0.4 is 5.73 Å². The fourth-order valence-corrected chi connectivity index (χ4v) is 2.43. The van der Waals surface area contributed by atoms with Crippen LogP contribution in [0.15, 0.2) is 15.2 Å². The first-order valence-electron chi connectivity index (χ1n) is 4.91. The Morgan fingerprint density at radius 3 is 2.81 bits per heavy atom. The fourth-order valence-electron chi connectivity index (χ4n) is 1.23. The van der Waals surface area contributed by atoms with Crippen molar-refractivity contribution in [1.82, 2.24) is 4.90 Å². The van der Waals surface area contributed by atoms with Crippen LogP contribution in [0.1, 0.15) is 5.56 Å². The van der Waals surface area contributed by atoms with Crippen molar-refractivity contribution in [2.75, 3.05) is 33.4 Å². The van der Waals surface area contributed by atoms with Gasteiger partial charge in [-0.25, -0.2) is 0 Å². The third-order valence-electron chi connectivity index (χ3n) is 1.95. The average molecular weight is 330 g/mol. The summed E-state index contributed by atoms with van der Waals surface area (Å²) in [6.45, 7) is 3.90. The predicted molar refractivity (Wildman–Crippen MR) is 75.5 cm³/mol. The van der Waals surface area contributed by atoms with Gasteiger partial charge in [-0.05, 0) is 40.0 Å². The van der Waals surface area contributed by atoms with E-state index in [2.05, 4.69) is 39.3 Å². The van der Waals surface area contributed by atoms with E-state index in [4.69, 9.17) is 10.5 Å². The molecule has 0 aliphatic heterocycles. The van der Waals surface area contributed by atoms with Crippen LogP contribution in [0.25, 0.3) is 0 Å². The quantitative estimate of drug-likeness (QED) is 0.780. The van der Waals surface area contributed by atoms with Crippen LogP contribution >= 0.6 is 39.7 Å². The minimum Gasteiger partial charge on any atom is -0.379 e. The van der Waals surface area contributed by atoms with Gasteiger partial charge in [0.2, 0.25) is 0 Å². The molecule has 0 aliphatic rings. The van der Waals surface area contributed by atoms with Crippen LogP contribution in [0, 0.1) is 0 Å². The molecule has 16 heavy (non-hydrogen) atoms. The Morgan fingerprint density at radius 1 is 1.50 bits per heavy atom. The topological polar surface area (TPSA) is 38.5 Å². The van der Waals surface area contributed by atoms with E-state index in [0.29, 0.717) is 13.2 Å². The van der Waals surface area contributed by atoms with Gasteiger partial charge in [0.15, 0.2) is 0 Å². The Hall–Kier alpha value is 0.350. The molecule has 1 aromatic rings. The van der Waals surface area contributed by atoms with Crippen molar-refractivity contribution < 1.29 is 4.74 Å². The summed E-state index contributed by atoms with van der Waals surface area (Å²) >= 11 is 5.18. The summed E-state index contributed by atoms with van der Waals surface area (Å²) in [4.78, 5) is 2.24. The number of hydrogen-bond donors (Lipinski definition) is 1. The maximum absolute atomic E-state index is 5.33. The van der Waals surface area contributed by atoms with Crippen molar-refractivity contribution in [1.29, 1.82) is 0 Å². The van der Waals surface area contributed by atoms with Crippen molar-refractivity contribution in [3.8, 4) is 0 Å². The van der Waals surface area contributed by atoms with Crippen LogP contribution in [-0.4, -0.2) is 38.3 Å². The molecule has 0 unspecified atom stereocenters. The van der Waals surface area contributed by atoms with Gasteiger partial charge < -0.3 is 10.5 Å². The lowest BCUT2D eigenvalue weighted by molar-refractivity contribution is 0.116. The van der Waals surface area contributed by atoms with Gasteiger partial charge >= 0.3 is 0 Å². The zero-order valence-corrected chi connectivity index (χ0v) is 12.5. The number of nitrogens with two attached hydrogens (primary N) is 1. The number of likely N-dealkylation sites (N-methyl/N-ethyl adjacent to an activating group) is 1. The molecule has 0 fully saturated rings. The van der Waals surface area contributed by atoms with Gasteiger partial charge in [-0.2, -0.15) is 0 Å². The molecule has 0 bridgehead atoms. The van der Waals surface area contributed by atoms with Crippen molar-refractivity contribution >= 4 is 39.7 Å². The molecule has 1 rings (SSSR count). The largest absolute Gasteiger partial charge is 0.379 e. The van der Waals surface area contributed by atoms with Gasteiger partial charge in [-0.15, -0.1) is 23.7 Å². The highest BCUT2D eigenvalue weighted by Crippen LogP contribution is 2.21. The van der Waals surface area contributed by atoms with E-state index >= 15 is 0 Å². The monoisotopic (exact) mass is 328 g/mol. The lowest BCUT2D eigenvalue weighted by Crippen LogP contribution is -2.23. The number of hydrogen-bond acceptors (Lipinski definition) is 4. The minimum absolute atomic E-state index is 0. The highest BCUT2D eigenvalue weighted by atomic mass is 79.9. The zero-order valence-electron chi connectivity index (χ0n) is 9.32. The summed E-state index contributed by atoms with van der Waals surface area (Å²) in [5, 5.41) is 2.17. The molecule has 3 nitrogen and oxygen atoms in total. The highest BCUT2D eigenvalue weighted by Gasteiger charge is 2.02. The normalized spacial score (nSPS) is 10.5. The first-order valence-corrected chi connectivity index (χ1v) is 6.59. The maximum atomic E-state index is 5.33. The molecule has 0 aromatic carbocycles. The molecule has 0 radical (unpaired) electrons. The van der Waals surface area contributed by atoms with Gasteiger partial charge in [0.25, 0.3) is 0 Å². The second kappa shape index (κ2) is 9.39. The number of thiophene rings is 1. The molecule has 0 atom stereocenters. The number of halogens is 2. The highest BCUT2D eigenvalue weighted by molar-refractivity contribution is 9.11. The van der Waals surface area contributed by atoms with E-state index < -0.39 is 0 Å². The van der Waals surface area contributed by atoms with E-state index in [0.717, 1.165) is 19.7 Å². The molecule has 0 aliphatic carbocycles. The van der Waals surface area contributed by atoms with Crippen LogP contribution in [0.5, 0.6) is 0 Å². The van der Waals surface area contributed by atoms with E-state index in [1.54, 1.807) is 11.3 Å². The third kappa shape index (κ3) is 6.83. The summed E-state index contributed by atoms with van der Waals surface area (Å²) in [6, 6.07) is 2.15. The van der Waals surface area contributed by atoms with Crippen molar-refractivity contribution in [3.63, 3.8) is 0 Å². The molecule has 0 saturated carbocycles. The molecule has 0 amide bonds. The zero-order chi connectivity index (χ0) is 11.1. The predicted octanol–water partition coefficient (Wildman–Crippen LogP) is 2.34. The summed E-state index contributed by atoms with van der Waals surface area (Å²) in [6.07, 6.45) is 0. The van der Waals surface area contributed by atoms with Gasteiger partial charge in [-0.3, -0.25) is 4.90 Å². The lowest BCUT2D eigenvalue weighted by atomic mass is 10.3. The Kier molecular flexibility index (Phi) is 9.59. The van der Waals surface area contributed by atoms with Crippen LogP contribution in [0.2, 0.25) is 0 Å². The Morgan fingerprint density at radius 2 is 2.25 bits per heavy atom. The molecule has 0 saturated heterocycles. The molecule has 1 aromatic heterocycles. The molecular weight excluding hydrogens is 312 g/mol. The summed E-state index contributed by atoms with van der Waals surface area (Å²) in [5.74, 6) is 0. The molecule has 2 N–H and O–H groups in total. The maximum Gasteiger partial charge on any atom is 0.0701 e. The number of ether oxygens (including phenoxy) is 1. The summed E-state index contributed by atoms with van der Waals surface area (Å²) in [7, 11) is 2.09. The SMILES string of the molecule is CN(CCOCCN)Cc1csc(Br)c1.Cl. The van der Waals surface area contributed by atoms with Crippen molar-refractivity contribution in [2.24, 2.45) is 5.73 Å². The van der Waals surface area contributed by atoms with Gasteiger partial charge in [0.1, 0.15) is 0 Å². The van der Waals surface area contributed by atoms with E-state index in [1.807, 2.05) is 0 Å². The fraction of sp³-hybridized carbons (Fsp3) is 0.600. The van der Waals surface area contributed by atoms with Crippen LogP contribution in [0.4, 0.5) is 0 Å². The molecule has 1 heterocycles. The minimum atomic E-state index is 0. The molecule has 94 valence electrons. The average Bonchev–Trinajstić information content (AvgIpc) is 2.59. The van der Waals surface area contributed by atoms with E-state index in [-0.39, 0.29) is 12.4 Å². The second-order valence-corrected chi connectivity index (χ2v) is 5.69. The van der Waals surface area contributed by atoms with Gasteiger partial charge in [-0.1, -0.05) is 0 Å². The van der Waals surface area contributed by atoms with E-state index in [1.165, 1.54) is 9.35 Å².